The number of carboxylic acid groups (broad SMARTS) is 1. The Labute approximate surface area is 117 Å². The maximum Gasteiger partial charge on any atom is 0.408 e. The normalized spacial score (nSPS) is 27.9. The zero-order chi connectivity index (χ0) is 15.5. The van der Waals surface area contributed by atoms with Crippen molar-refractivity contribution in [2.75, 3.05) is 0 Å². The molecule has 7 heteroatoms. The minimum atomic E-state index is -1.32. The van der Waals surface area contributed by atoms with E-state index in [0.717, 1.165) is 0 Å². The summed E-state index contributed by atoms with van der Waals surface area (Å²) in [5.74, 6) is -1.47. The number of halogens is 1. The van der Waals surface area contributed by atoms with E-state index in [4.69, 9.17) is 9.84 Å². The molecular formula is C13H22FNO5. The molecular weight excluding hydrogens is 269 g/mol. The highest BCUT2D eigenvalue weighted by Gasteiger charge is 2.36. The summed E-state index contributed by atoms with van der Waals surface area (Å²) in [5, 5.41) is 20.7. The number of hydrogen-bond acceptors (Lipinski definition) is 4. The van der Waals surface area contributed by atoms with E-state index in [1.54, 1.807) is 20.8 Å². The van der Waals surface area contributed by atoms with Crippen molar-refractivity contribution in [1.29, 1.82) is 0 Å². The largest absolute Gasteiger partial charge is 0.480 e. The van der Waals surface area contributed by atoms with Gasteiger partial charge in [0.25, 0.3) is 0 Å². The third-order valence-electron chi connectivity index (χ3n) is 3.11. The average Bonchev–Trinajstić information content (AvgIpc) is 2.54. The Morgan fingerprint density at radius 1 is 1.40 bits per heavy atom. The highest BCUT2D eigenvalue weighted by atomic mass is 19.1. The van der Waals surface area contributed by atoms with Crippen molar-refractivity contribution in [3.63, 3.8) is 0 Å². The molecule has 0 aromatic rings. The van der Waals surface area contributed by atoms with Gasteiger partial charge in [-0.1, -0.05) is 0 Å². The number of alkyl carbamates (subject to hydrolysis) is 1. The van der Waals surface area contributed by atoms with Crippen LogP contribution in [0.1, 0.15) is 40.0 Å². The van der Waals surface area contributed by atoms with Crippen LogP contribution in [0.25, 0.3) is 0 Å². The van der Waals surface area contributed by atoms with Crippen LogP contribution >= 0.6 is 0 Å². The monoisotopic (exact) mass is 291 g/mol. The first-order valence-corrected chi connectivity index (χ1v) is 6.63. The Kier molecular flexibility index (Phi) is 5.33. The Bertz CT molecular complexity index is 358. The van der Waals surface area contributed by atoms with Crippen molar-refractivity contribution in [3.05, 3.63) is 0 Å². The van der Waals surface area contributed by atoms with E-state index in [9.17, 15) is 19.1 Å². The maximum atomic E-state index is 13.2. The number of alkyl halides is 1. The van der Waals surface area contributed by atoms with Gasteiger partial charge in [-0.15, -0.1) is 0 Å². The molecule has 0 saturated heterocycles. The number of ether oxygens (including phenoxy) is 1. The third kappa shape index (κ3) is 5.32. The number of aliphatic carboxylic acids is 1. The Hall–Kier alpha value is -1.37. The molecule has 0 aromatic carbocycles. The lowest BCUT2D eigenvalue weighted by Crippen LogP contribution is -2.44. The molecule has 1 aliphatic carbocycles. The number of aliphatic hydroxyl groups excluding tert-OH is 1. The summed E-state index contributed by atoms with van der Waals surface area (Å²) in [5.41, 5.74) is -0.722. The summed E-state index contributed by atoms with van der Waals surface area (Å²) in [7, 11) is 0. The van der Waals surface area contributed by atoms with E-state index >= 15 is 0 Å². The maximum absolute atomic E-state index is 13.2. The number of nitrogens with one attached hydrogen (secondary N) is 1. The summed E-state index contributed by atoms with van der Waals surface area (Å²) in [6, 6.07) is -1.15. The first-order chi connectivity index (χ1) is 9.08. The van der Waals surface area contributed by atoms with E-state index in [0.29, 0.717) is 0 Å². The lowest BCUT2D eigenvalue weighted by molar-refractivity contribution is -0.140. The first-order valence-electron chi connectivity index (χ1n) is 6.63. The van der Waals surface area contributed by atoms with Crippen molar-refractivity contribution < 1.29 is 28.9 Å². The van der Waals surface area contributed by atoms with Crippen molar-refractivity contribution in [2.24, 2.45) is 5.92 Å². The molecule has 20 heavy (non-hydrogen) atoms. The highest BCUT2D eigenvalue weighted by Crippen LogP contribution is 2.31. The summed E-state index contributed by atoms with van der Waals surface area (Å²) in [6.07, 6.45) is -2.79. The van der Waals surface area contributed by atoms with Crippen LogP contribution in [0, 0.1) is 5.92 Å². The minimum absolute atomic E-state index is 0.0755. The van der Waals surface area contributed by atoms with Crippen LogP contribution in [0.4, 0.5) is 9.18 Å². The Morgan fingerprint density at radius 3 is 2.40 bits per heavy atom. The average molecular weight is 291 g/mol. The molecule has 1 fully saturated rings. The van der Waals surface area contributed by atoms with Gasteiger partial charge in [0.15, 0.2) is 0 Å². The second-order valence-corrected chi connectivity index (χ2v) is 6.19. The van der Waals surface area contributed by atoms with Gasteiger partial charge in [-0.05, 0) is 46.0 Å². The summed E-state index contributed by atoms with van der Waals surface area (Å²) in [6.45, 7) is 5.01. The fraction of sp³-hybridized carbons (Fsp3) is 0.846. The second-order valence-electron chi connectivity index (χ2n) is 6.19. The predicted molar refractivity (Wildman–Crippen MR) is 69.0 cm³/mol. The van der Waals surface area contributed by atoms with E-state index in [1.165, 1.54) is 0 Å². The van der Waals surface area contributed by atoms with Gasteiger partial charge in [0.05, 0.1) is 6.10 Å². The molecule has 1 aliphatic rings. The molecule has 0 spiro atoms. The topological polar surface area (TPSA) is 95.9 Å². The molecule has 1 saturated carbocycles. The fourth-order valence-electron chi connectivity index (χ4n) is 2.26. The lowest BCUT2D eigenvalue weighted by Gasteiger charge is -2.23. The number of amides is 1. The molecule has 0 bridgehead atoms. The Balaban J connectivity index is 2.53. The quantitative estimate of drug-likeness (QED) is 0.729. The summed E-state index contributed by atoms with van der Waals surface area (Å²) in [4.78, 5) is 22.7. The number of carboxylic acids is 1. The third-order valence-corrected chi connectivity index (χ3v) is 3.11. The Morgan fingerprint density at radius 2 is 2.00 bits per heavy atom. The lowest BCUT2D eigenvalue weighted by atomic mass is 9.98. The molecule has 0 aromatic heterocycles. The predicted octanol–water partition coefficient (Wildman–Crippen LogP) is 1.46. The minimum Gasteiger partial charge on any atom is -0.480 e. The molecule has 3 N–H and O–H groups in total. The number of hydrogen-bond donors (Lipinski definition) is 3. The van der Waals surface area contributed by atoms with Gasteiger partial charge in [-0.3, -0.25) is 0 Å². The molecule has 1 unspecified atom stereocenters. The van der Waals surface area contributed by atoms with Gasteiger partial charge >= 0.3 is 12.1 Å². The van der Waals surface area contributed by atoms with Gasteiger partial charge in [-0.2, -0.15) is 0 Å². The number of carbonyl (C=O) groups is 2. The molecule has 0 heterocycles. The molecule has 0 aliphatic heterocycles. The van der Waals surface area contributed by atoms with Gasteiger partial charge in [0.2, 0.25) is 0 Å². The van der Waals surface area contributed by atoms with Gasteiger partial charge in [-0.25, -0.2) is 14.0 Å². The van der Waals surface area contributed by atoms with Crippen LogP contribution < -0.4 is 5.32 Å². The van der Waals surface area contributed by atoms with Crippen LogP contribution in [0.2, 0.25) is 0 Å². The zero-order valence-electron chi connectivity index (χ0n) is 11.9. The number of rotatable bonds is 4. The van der Waals surface area contributed by atoms with E-state index < -0.39 is 36.0 Å². The summed E-state index contributed by atoms with van der Waals surface area (Å²) >= 11 is 0. The number of carbonyl (C=O) groups excluding carboxylic acids is 1. The molecule has 4 atom stereocenters. The summed E-state index contributed by atoms with van der Waals surface area (Å²) < 4.78 is 18.2. The van der Waals surface area contributed by atoms with Crippen molar-refractivity contribution >= 4 is 12.1 Å². The van der Waals surface area contributed by atoms with Crippen LogP contribution in [0.3, 0.4) is 0 Å². The van der Waals surface area contributed by atoms with Crippen LogP contribution in [-0.4, -0.2) is 46.2 Å². The SMILES string of the molecule is CC(C)(C)OC(=O)NC(C[C@@H]1C[C@H](O)[C@@H](F)C1)C(=O)O. The van der Waals surface area contributed by atoms with Gasteiger partial charge in [0.1, 0.15) is 17.8 Å². The van der Waals surface area contributed by atoms with Crippen LogP contribution in [0.15, 0.2) is 0 Å². The molecule has 1 rings (SSSR count). The number of aliphatic hydroxyl groups is 1. The smallest absolute Gasteiger partial charge is 0.408 e. The van der Waals surface area contributed by atoms with E-state index in [2.05, 4.69) is 5.32 Å². The molecule has 116 valence electrons. The first kappa shape index (κ1) is 16.7. The van der Waals surface area contributed by atoms with Crippen LogP contribution in [-0.2, 0) is 9.53 Å². The van der Waals surface area contributed by atoms with E-state index in [-0.39, 0.29) is 25.2 Å². The van der Waals surface area contributed by atoms with Crippen molar-refractivity contribution in [2.45, 2.75) is 64.0 Å². The second kappa shape index (κ2) is 6.39. The van der Waals surface area contributed by atoms with E-state index in [1.807, 2.05) is 0 Å². The molecule has 1 amide bonds. The zero-order valence-corrected chi connectivity index (χ0v) is 11.9. The van der Waals surface area contributed by atoms with Gasteiger partial charge in [0, 0.05) is 0 Å². The van der Waals surface area contributed by atoms with Gasteiger partial charge < -0.3 is 20.3 Å². The van der Waals surface area contributed by atoms with Crippen molar-refractivity contribution in [3.8, 4) is 0 Å². The van der Waals surface area contributed by atoms with Crippen molar-refractivity contribution in [1.82, 2.24) is 5.32 Å². The highest BCUT2D eigenvalue weighted by molar-refractivity contribution is 5.80. The fourth-order valence-corrected chi connectivity index (χ4v) is 2.26. The molecule has 0 radical (unpaired) electrons. The standard InChI is InChI=1S/C13H22FNO5/c1-13(2,3)20-12(19)15-9(11(17)18)5-7-4-8(14)10(16)6-7/h7-10,16H,4-6H2,1-3H3,(H,15,19)(H,17,18)/t7-,8+,9?,10+/m1/s1. The molecule has 6 nitrogen and oxygen atoms in total. The van der Waals surface area contributed by atoms with Crippen LogP contribution in [0.5, 0.6) is 0 Å².